The Balaban J connectivity index is 2.02. The van der Waals surface area contributed by atoms with Crippen LogP contribution in [0.1, 0.15) is 11.3 Å². The highest BCUT2D eigenvalue weighted by atomic mass is 16.1. The molecule has 0 saturated carbocycles. The number of H-pyrrole nitrogens is 1. The summed E-state index contributed by atoms with van der Waals surface area (Å²) in [5.41, 5.74) is 5.20. The van der Waals surface area contributed by atoms with Crippen molar-refractivity contribution in [3.05, 3.63) is 70.1 Å². The van der Waals surface area contributed by atoms with E-state index in [1.54, 1.807) is 24.3 Å². The Morgan fingerprint density at radius 1 is 1.17 bits per heavy atom. The normalized spacial score (nSPS) is 11.4. The van der Waals surface area contributed by atoms with Crippen LogP contribution in [0.4, 0.5) is 5.69 Å². The number of aromatic nitrogens is 2. The molecule has 0 bridgehead atoms. The molecule has 3 aromatic rings. The Kier molecular flexibility index (Phi) is 3.97. The van der Waals surface area contributed by atoms with Gasteiger partial charge in [0.2, 0.25) is 0 Å². The van der Waals surface area contributed by atoms with Crippen molar-refractivity contribution in [2.24, 2.45) is 5.10 Å². The second-order valence-corrected chi connectivity index (χ2v) is 4.97. The topological polar surface area (TPSA) is 87.2 Å². The van der Waals surface area contributed by atoms with Gasteiger partial charge in [-0.2, -0.15) is 5.10 Å². The van der Waals surface area contributed by atoms with E-state index in [0.29, 0.717) is 17.3 Å². The summed E-state index contributed by atoms with van der Waals surface area (Å²) in [6.07, 6.45) is 0.512. The second kappa shape index (κ2) is 6.23. The average Bonchev–Trinajstić information content (AvgIpc) is 2.57. The van der Waals surface area contributed by atoms with Crippen LogP contribution in [0.3, 0.4) is 0 Å². The number of aryl methyl sites for hydroxylation is 1. The molecule has 0 atom stereocenters. The zero-order valence-corrected chi connectivity index (χ0v) is 12.4. The minimum absolute atomic E-state index is 0.0141. The third kappa shape index (κ3) is 3.01. The van der Waals surface area contributed by atoms with E-state index in [0.717, 1.165) is 11.3 Å². The molecule has 1 heterocycles. The standard InChI is InChI=1S/C17H14N4O2/c1-11-6-2-3-7-12(11)20-21-15(10-22)16-17(23)19-14-9-5-4-8-13(14)18-16/h2-10,20H,1H3,(H,19,23). The van der Waals surface area contributed by atoms with Crippen molar-refractivity contribution in [3.63, 3.8) is 0 Å². The first kappa shape index (κ1) is 14.6. The van der Waals surface area contributed by atoms with Crippen molar-refractivity contribution in [3.8, 4) is 0 Å². The highest BCUT2D eigenvalue weighted by molar-refractivity contribution is 6.35. The molecule has 6 nitrogen and oxygen atoms in total. The Bertz CT molecular complexity index is 960. The average molecular weight is 306 g/mol. The summed E-state index contributed by atoms with van der Waals surface area (Å²) >= 11 is 0. The van der Waals surface area contributed by atoms with Gasteiger partial charge in [-0.15, -0.1) is 0 Å². The lowest BCUT2D eigenvalue weighted by molar-refractivity contribution is -0.102. The smallest absolute Gasteiger partial charge is 0.276 e. The van der Waals surface area contributed by atoms with E-state index in [9.17, 15) is 9.59 Å². The Labute approximate surface area is 131 Å². The number of anilines is 1. The SMILES string of the molecule is Cc1ccccc1NN=C(C=O)c1nc2ccccc2[nH]c1=O. The second-order valence-electron chi connectivity index (χ2n) is 4.97. The van der Waals surface area contributed by atoms with Gasteiger partial charge in [-0.3, -0.25) is 15.0 Å². The molecule has 0 aliphatic rings. The minimum atomic E-state index is -0.457. The fraction of sp³-hybridized carbons (Fsp3) is 0.0588. The van der Waals surface area contributed by atoms with Crippen molar-refractivity contribution in [2.75, 3.05) is 5.43 Å². The van der Waals surface area contributed by atoms with Crippen LogP contribution in [0.25, 0.3) is 11.0 Å². The van der Waals surface area contributed by atoms with E-state index in [4.69, 9.17) is 0 Å². The maximum atomic E-state index is 12.1. The number of fused-ring (bicyclic) bond motifs is 1. The van der Waals surface area contributed by atoms with Crippen LogP contribution in [0.2, 0.25) is 0 Å². The molecule has 0 aliphatic heterocycles. The molecular weight excluding hydrogens is 292 g/mol. The van der Waals surface area contributed by atoms with Crippen LogP contribution in [-0.4, -0.2) is 22.0 Å². The fourth-order valence-electron chi connectivity index (χ4n) is 2.16. The summed E-state index contributed by atoms with van der Waals surface area (Å²) in [5.74, 6) is 0. The molecule has 0 unspecified atom stereocenters. The number of carbonyl (C=O) groups is 1. The zero-order valence-electron chi connectivity index (χ0n) is 12.4. The number of hydrogen-bond acceptors (Lipinski definition) is 5. The van der Waals surface area contributed by atoms with Gasteiger partial charge in [-0.25, -0.2) is 4.98 Å². The van der Waals surface area contributed by atoms with Gasteiger partial charge < -0.3 is 4.98 Å². The predicted molar refractivity (Wildman–Crippen MR) is 89.8 cm³/mol. The van der Waals surface area contributed by atoms with Gasteiger partial charge >= 0.3 is 0 Å². The molecule has 0 amide bonds. The number of aromatic amines is 1. The largest absolute Gasteiger partial charge is 0.319 e. The van der Waals surface area contributed by atoms with E-state index < -0.39 is 5.56 Å². The van der Waals surface area contributed by atoms with Crippen LogP contribution in [0.5, 0.6) is 0 Å². The van der Waals surface area contributed by atoms with Gasteiger partial charge in [-0.1, -0.05) is 30.3 Å². The quantitative estimate of drug-likeness (QED) is 0.439. The van der Waals surface area contributed by atoms with Crippen LogP contribution < -0.4 is 11.0 Å². The first-order valence-corrected chi connectivity index (χ1v) is 7.03. The summed E-state index contributed by atoms with van der Waals surface area (Å²) in [7, 11) is 0. The van der Waals surface area contributed by atoms with Crippen molar-refractivity contribution < 1.29 is 4.79 Å². The zero-order chi connectivity index (χ0) is 16.2. The number of para-hydroxylation sites is 3. The number of nitrogens with zero attached hydrogens (tertiary/aromatic N) is 2. The lowest BCUT2D eigenvalue weighted by atomic mass is 10.2. The number of aldehydes is 1. The van der Waals surface area contributed by atoms with E-state index in [2.05, 4.69) is 20.5 Å². The molecule has 0 fully saturated rings. The highest BCUT2D eigenvalue weighted by Crippen LogP contribution is 2.13. The van der Waals surface area contributed by atoms with Gasteiger partial charge in [0.25, 0.3) is 5.56 Å². The molecule has 1 aromatic heterocycles. The molecule has 23 heavy (non-hydrogen) atoms. The number of nitrogens with one attached hydrogen (secondary N) is 2. The summed E-state index contributed by atoms with van der Waals surface area (Å²) in [5, 5.41) is 4.03. The maximum absolute atomic E-state index is 12.1. The molecule has 0 radical (unpaired) electrons. The molecule has 3 rings (SSSR count). The Morgan fingerprint density at radius 2 is 1.91 bits per heavy atom. The van der Waals surface area contributed by atoms with Crippen LogP contribution >= 0.6 is 0 Å². The fourth-order valence-corrected chi connectivity index (χ4v) is 2.16. The summed E-state index contributed by atoms with van der Waals surface area (Å²) in [6.45, 7) is 1.92. The van der Waals surface area contributed by atoms with Crippen molar-refractivity contribution in [2.45, 2.75) is 6.92 Å². The molecular formula is C17H14N4O2. The van der Waals surface area contributed by atoms with Gasteiger partial charge in [0.15, 0.2) is 17.7 Å². The molecule has 0 aliphatic carbocycles. The molecule has 2 N–H and O–H groups in total. The molecule has 2 aromatic carbocycles. The van der Waals surface area contributed by atoms with Crippen molar-refractivity contribution in [1.29, 1.82) is 0 Å². The Hall–Kier alpha value is -3.28. The summed E-state index contributed by atoms with van der Waals surface area (Å²) in [6, 6.07) is 14.6. The van der Waals surface area contributed by atoms with Gasteiger partial charge in [0.1, 0.15) is 0 Å². The van der Waals surface area contributed by atoms with Crippen molar-refractivity contribution in [1.82, 2.24) is 9.97 Å². The van der Waals surface area contributed by atoms with E-state index >= 15 is 0 Å². The van der Waals surface area contributed by atoms with Crippen LogP contribution in [0, 0.1) is 6.92 Å². The molecule has 6 heteroatoms. The number of hydrogen-bond donors (Lipinski definition) is 2. The highest BCUT2D eigenvalue weighted by Gasteiger charge is 2.11. The third-order valence-corrected chi connectivity index (χ3v) is 3.40. The van der Waals surface area contributed by atoms with E-state index in [1.165, 1.54) is 0 Å². The first-order chi connectivity index (χ1) is 11.2. The predicted octanol–water partition coefficient (Wildman–Crippen LogP) is 2.25. The molecule has 0 spiro atoms. The Morgan fingerprint density at radius 3 is 2.70 bits per heavy atom. The first-order valence-electron chi connectivity index (χ1n) is 7.03. The van der Waals surface area contributed by atoms with Gasteiger partial charge in [0.05, 0.1) is 16.7 Å². The lowest BCUT2D eigenvalue weighted by Gasteiger charge is -2.05. The molecule has 0 saturated heterocycles. The number of rotatable bonds is 4. The minimum Gasteiger partial charge on any atom is -0.319 e. The number of carbonyl (C=O) groups excluding carboxylic acids is 1. The summed E-state index contributed by atoms with van der Waals surface area (Å²) < 4.78 is 0. The van der Waals surface area contributed by atoms with Crippen molar-refractivity contribution >= 4 is 28.7 Å². The monoisotopic (exact) mass is 306 g/mol. The third-order valence-electron chi connectivity index (χ3n) is 3.40. The molecule has 114 valence electrons. The van der Waals surface area contributed by atoms with Gasteiger partial charge in [0, 0.05) is 0 Å². The van der Waals surface area contributed by atoms with Crippen LogP contribution in [0.15, 0.2) is 58.4 Å². The summed E-state index contributed by atoms with van der Waals surface area (Å²) in [4.78, 5) is 30.4. The van der Waals surface area contributed by atoms with E-state index in [1.807, 2.05) is 31.2 Å². The van der Waals surface area contributed by atoms with Crippen LogP contribution in [-0.2, 0) is 4.79 Å². The number of benzene rings is 2. The number of hydrazone groups is 1. The lowest BCUT2D eigenvalue weighted by Crippen LogP contribution is -2.22. The van der Waals surface area contributed by atoms with Gasteiger partial charge in [-0.05, 0) is 30.7 Å². The van der Waals surface area contributed by atoms with E-state index in [-0.39, 0.29) is 11.4 Å². The maximum Gasteiger partial charge on any atom is 0.276 e.